The molecule has 4 nitrogen and oxygen atoms in total. The maximum atomic E-state index is 4.72. The average molecular weight is 258 g/mol. The van der Waals surface area contributed by atoms with E-state index in [1.807, 2.05) is 20.2 Å². The molecule has 2 rings (SSSR count). The van der Waals surface area contributed by atoms with E-state index in [0.29, 0.717) is 5.92 Å². The molecule has 0 radical (unpaired) electrons. The van der Waals surface area contributed by atoms with Crippen LogP contribution in [-0.2, 0) is 13.5 Å². The SMILES string of the molecule is CCc1nc(-c2nc(C(C)C)c(C)n2C)ncc1C. The lowest BCUT2D eigenvalue weighted by Gasteiger charge is -2.05. The van der Waals surface area contributed by atoms with Crippen LogP contribution in [0.1, 0.15) is 49.3 Å². The molecule has 0 saturated carbocycles. The monoisotopic (exact) mass is 258 g/mol. The Hall–Kier alpha value is -1.71. The van der Waals surface area contributed by atoms with Crippen molar-refractivity contribution in [2.75, 3.05) is 0 Å². The van der Waals surface area contributed by atoms with E-state index < -0.39 is 0 Å². The summed E-state index contributed by atoms with van der Waals surface area (Å²) in [4.78, 5) is 13.8. The minimum Gasteiger partial charge on any atom is -0.329 e. The van der Waals surface area contributed by atoms with Gasteiger partial charge in [0.25, 0.3) is 0 Å². The van der Waals surface area contributed by atoms with Gasteiger partial charge in [-0.1, -0.05) is 20.8 Å². The van der Waals surface area contributed by atoms with Crippen LogP contribution in [-0.4, -0.2) is 19.5 Å². The van der Waals surface area contributed by atoms with Crippen LogP contribution in [0.2, 0.25) is 0 Å². The van der Waals surface area contributed by atoms with Gasteiger partial charge in [-0.3, -0.25) is 0 Å². The first kappa shape index (κ1) is 13.7. The quantitative estimate of drug-likeness (QED) is 0.849. The minimum absolute atomic E-state index is 0.413. The molecular weight excluding hydrogens is 236 g/mol. The fourth-order valence-electron chi connectivity index (χ4n) is 2.29. The zero-order chi connectivity index (χ0) is 14.2. The molecule has 0 aliphatic rings. The molecule has 19 heavy (non-hydrogen) atoms. The smallest absolute Gasteiger partial charge is 0.196 e. The highest BCUT2D eigenvalue weighted by molar-refractivity contribution is 5.47. The van der Waals surface area contributed by atoms with Gasteiger partial charge in [0.1, 0.15) is 0 Å². The molecule has 0 fully saturated rings. The van der Waals surface area contributed by atoms with Crippen molar-refractivity contribution in [1.29, 1.82) is 0 Å². The standard InChI is InChI=1S/C15H22N4/c1-7-12-10(4)8-16-14(17-12)15-18-13(9(2)3)11(5)19(15)6/h8-9H,7H2,1-6H3. The summed E-state index contributed by atoms with van der Waals surface area (Å²) in [7, 11) is 2.03. The van der Waals surface area contributed by atoms with Crippen molar-refractivity contribution in [1.82, 2.24) is 19.5 Å². The van der Waals surface area contributed by atoms with Crippen LogP contribution in [0.4, 0.5) is 0 Å². The van der Waals surface area contributed by atoms with E-state index in [1.54, 1.807) is 0 Å². The summed E-state index contributed by atoms with van der Waals surface area (Å²) in [6.45, 7) is 10.6. The number of imidazole rings is 1. The van der Waals surface area contributed by atoms with E-state index >= 15 is 0 Å². The first-order chi connectivity index (χ1) is 8.95. The maximum absolute atomic E-state index is 4.72. The molecule has 0 aromatic carbocycles. The van der Waals surface area contributed by atoms with E-state index in [4.69, 9.17) is 4.98 Å². The molecular formula is C15H22N4. The van der Waals surface area contributed by atoms with Gasteiger partial charge in [0.2, 0.25) is 0 Å². The molecule has 0 saturated heterocycles. The van der Waals surface area contributed by atoms with Crippen molar-refractivity contribution < 1.29 is 0 Å². The maximum Gasteiger partial charge on any atom is 0.196 e. The van der Waals surface area contributed by atoms with Crippen LogP contribution >= 0.6 is 0 Å². The second kappa shape index (κ2) is 5.11. The number of hydrogen-bond donors (Lipinski definition) is 0. The van der Waals surface area contributed by atoms with Gasteiger partial charge in [0, 0.05) is 24.6 Å². The summed E-state index contributed by atoms with van der Waals surface area (Å²) in [5.74, 6) is 1.99. The topological polar surface area (TPSA) is 43.6 Å². The summed E-state index contributed by atoms with van der Waals surface area (Å²) < 4.78 is 2.08. The van der Waals surface area contributed by atoms with Crippen LogP contribution in [0.3, 0.4) is 0 Å². The molecule has 2 aromatic rings. The molecule has 2 aromatic heterocycles. The van der Waals surface area contributed by atoms with Crippen LogP contribution in [0.25, 0.3) is 11.6 Å². The Kier molecular flexibility index (Phi) is 3.69. The predicted octanol–water partition coefficient (Wildman–Crippen LogP) is 3.18. The minimum atomic E-state index is 0.413. The lowest BCUT2D eigenvalue weighted by Crippen LogP contribution is -2.02. The van der Waals surface area contributed by atoms with Crippen molar-refractivity contribution in [3.63, 3.8) is 0 Å². The number of hydrogen-bond acceptors (Lipinski definition) is 3. The Bertz CT molecular complexity index is 596. The zero-order valence-corrected chi connectivity index (χ0v) is 12.7. The van der Waals surface area contributed by atoms with Gasteiger partial charge in [-0.15, -0.1) is 0 Å². The summed E-state index contributed by atoms with van der Waals surface area (Å²) in [6.07, 6.45) is 2.81. The molecule has 0 N–H and O–H groups in total. The second-order valence-corrected chi connectivity index (χ2v) is 5.30. The second-order valence-electron chi connectivity index (χ2n) is 5.30. The average Bonchev–Trinajstić information content (AvgIpc) is 2.67. The van der Waals surface area contributed by atoms with Crippen LogP contribution in [0.15, 0.2) is 6.20 Å². The lowest BCUT2D eigenvalue weighted by molar-refractivity contribution is 0.807. The fraction of sp³-hybridized carbons (Fsp3) is 0.533. The molecule has 0 bridgehead atoms. The molecule has 2 heterocycles. The molecule has 0 spiro atoms. The van der Waals surface area contributed by atoms with Crippen molar-refractivity contribution in [3.8, 4) is 11.6 Å². The Morgan fingerprint density at radius 2 is 1.89 bits per heavy atom. The number of aryl methyl sites for hydroxylation is 2. The van der Waals surface area contributed by atoms with Gasteiger partial charge in [-0.05, 0) is 31.7 Å². The normalized spacial score (nSPS) is 11.3. The Morgan fingerprint density at radius 3 is 2.42 bits per heavy atom. The van der Waals surface area contributed by atoms with Crippen LogP contribution in [0, 0.1) is 13.8 Å². The van der Waals surface area contributed by atoms with E-state index in [9.17, 15) is 0 Å². The summed E-state index contributed by atoms with van der Waals surface area (Å²) in [5.41, 5.74) is 4.55. The van der Waals surface area contributed by atoms with Gasteiger partial charge < -0.3 is 4.57 Å². The van der Waals surface area contributed by atoms with Crippen molar-refractivity contribution >= 4 is 0 Å². The Morgan fingerprint density at radius 1 is 1.21 bits per heavy atom. The third-order valence-electron chi connectivity index (χ3n) is 3.58. The molecule has 4 heteroatoms. The molecule has 0 aliphatic carbocycles. The highest BCUT2D eigenvalue weighted by atomic mass is 15.1. The summed E-state index contributed by atoms with van der Waals surface area (Å²) >= 11 is 0. The van der Waals surface area contributed by atoms with Crippen molar-refractivity contribution in [3.05, 3.63) is 28.8 Å². The van der Waals surface area contributed by atoms with Gasteiger partial charge >= 0.3 is 0 Å². The summed E-state index contributed by atoms with van der Waals surface area (Å²) in [6, 6.07) is 0. The van der Waals surface area contributed by atoms with E-state index in [-0.39, 0.29) is 0 Å². The molecule has 0 amide bonds. The third-order valence-corrected chi connectivity index (χ3v) is 3.58. The van der Waals surface area contributed by atoms with Crippen molar-refractivity contribution in [2.24, 2.45) is 7.05 Å². The number of rotatable bonds is 3. The molecule has 102 valence electrons. The third kappa shape index (κ3) is 2.39. The van der Waals surface area contributed by atoms with E-state index in [1.165, 1.54) is 5.69 Å². The van der Waals surface area contributed by atoms with E-state index in [2.05, 4.69) is 42.2 Å². The van der Waals surface area contributed by atoms with Gasteiger partial charge in [0.05, 0.1) is 5.69 Å². The van der Waals surface area contributed by atoms with Gasteiger partial charge in [-0.2, -0.15) is 0 Å². The van der Waals surface area contributed by atoms with Gasteiger partial charge in [0.15, 0.2) is 11.6 Å². The zero-order valence-electron chi connectivity index (χ0n) is 12.7. The first-order valence-corrected chi connectivity index (χ1v) is 6.81. The predicted molar refractivity (Wildman–Crippen MR) is 77.2 cm³/mol. The Labute approximate surface area is 114 Å². The largest absolute Gasteiger partial charge is 0.329 e. The Balaban J connectivity index is 2.56. The highest BCUT2D eigenvalue weighted by Crippen LogP contribution is 2.23. The van der Waals surface area contributed by atoms with Gasteiger partial charge in [-0.25, -0.2) is 15.0 Å². The lowest BCUT2D eigenvalue weighted by atomic mass is 10.1. The highest BCUT2D eigenvalue weighted by Gasteiger charge is 2.17. The van der Waals surface area contributed by atoms with E-state index in [0.717, 1.165) is 35.0 Å². The van der Waals surface area contributed by atoms with Crippen LogP contribution < -0.4 is 0 Å². The van der Waals surface area contributed by atoms with Crippen LogP contribution in [0.5, 0.6) is 0 Å². The summed E-state index contributed by atoms with van der Waals surface area (Å²) in [5, 5.41) is 0. The molecule has 0 atom stereocenters. The molecule has 0 unspecified atom stereocenters. The fourth-order valence-corrected chi connectivity index (χ4v) is 2.29. The number of aromatic nitrogens is 4. The molecule has 0 aliphatic heterocycles. The first-order valence-electron chi connectivity index (χ1n) is 6.81. The van der Waals surface area contributed by atoms with Crippen molar-refractivity contribution in [2.45, 2.75) is 47.0 Å². The number of nitrogens with zero attached hydrogens (tertiary/aromatic N) is 4.